The number of esters is 1. The van der Waals surface area contributed by atoms with Gasteiger partial charge >= 0.3 is 5.97 Å². The van der Waals surface area contributed by atoms with Crippen molar-refractivity contribution in [3.05, 3.63) is 54.1 Å². The topological polar surface area (TPSA) is 97.7 Å². The van der Waals surface area contributed by atoms with Crippen LogP contribution in [-0.2, 0) is 20.7 Å². The number of nitrogens with one attached hydrogen (secondary N) is 1. The minimum Gasteiger partial charge on any atom is -0.494 e. The molecule has 0 aliphatic carbocycles. The van der Waals surface area contributed by atoms with Gasteiger partial charge in [0, 0.05) is 5.69 Å². The zero-order valence-electron chi connectivity index (χ0n) is 14.9. The fourth-order valence-corrected chi connectivity index (χ4v) is 2.12. The maximum atomic E-state index is 11.8. The van der Waals surface area contributed by atoms with E-state index >= 15 is 0 Å². The molecule has 0 unspecified atom stereocenters. The zero-order valence-corrected chi connectivity index (χ0v) is 14.9. The average Bonchev–Trinajstić information content (AvgIpc) is 2.68. The maximum Gasteiger partial charge on any atom is 0.344 e. The van der Waals surface area contributed by atoms with Crippen LogP contribution in [0, 0.1) is 11.3 Å². The van der Waals surface area contributed by atoms with Crippen LogP contribution in [0.1, 0.15) is 12.5 Å². The fourth-order valence-electron chi connectivity index (χ4n) is 2.12. The van der Waals surface area contributed by atoms with Gasteiger partial charge in [-0.3, -0.25) is 4.79 Å². The molecule has 0 atom stereocenters. The smallest absolute Gasteiger partial charge is 0.344 e. The van der Waals surface area contributed by atoms with Crippen molar-refractivity contribution in [3.8, 4) is 17.6 Å². The minimum atomic E-state index is -0.650. The van der Waals surface area contributed by atoms with E-state index in [9.17, 15) is 9.59 Å². The number of carbonyl (C=O) groups excluding carboxylic acids is 2. The highest BCUT2D eigenvalue weighted by atomic mass is 16.6. The molecule has 0 radical (unpaired) electrons. The molecule has 1 N–H and O–H groups in total. The molecule has 2 aromatic carbocycles. The van der Waals surface area contributed by atoms with Crippen molar-refractivity contribution in [2.75, 3.05) is 25.1 Å². The van der Waals surface area contributed by atoms with E-state index < -0.39 is 18.5 Å². The van der Waals surface area contributed by atoms with E-state index in [1.54, 1.807) is 48.5 Å². The zero-order chi connectivity index (χ0) is 19.5. The number of carbonyl (C=O) groups is 2. The lowest BCUT2D eigenvalue weighted by Gasteiger charge is -2.09. The Morgan fingerprint density at radius 1 is 0.963 bits per heavy atom. The molecule has 0 saturated heterocycles. The number of anilines is 1. The van der Waals surface area contributed by atoms with E-state index in [1.807, 2.05) is 13.0 Å². The van der Waals surface area contributed by atoms with Crippen LogP contribution in [-0.4, -0.2) is 31.7 Å². The van der Waals surface area contributed by atoms with E-state index in [2.05, 4.69) is 5.32 Å². The lowest BCUT2D eigenvalue weighted by atomic mass is 10.1. The summed E-state index contributed by atoms with van der Waals surface area (Å²) in [6.45, 7) is 1.74. The summed E-state index contributed by atoms with van der Waals surface area (Å²) in [5, 5.41) is 11.2. The highest BCUT2D eigenvalue weighted by Gasteiger charge is 2.09. The van der Waals surface area contributed by atoms with Crippen molar-refractivity contribution in [1.29, 1.82) is 5.26 Å². The molecule has 7 heteroatoms. The normalized spacial score (nSPS) is 9.78. The number of ether oxygens (including phenoxy) is 3. The Hall–Kier alpha value is -3.53. The number of nitrogens with zero attached hydrogens (tertiary/aromatic N) is 1. The summed E-state index contributed by atoms with van der Waals surface area (Å²) >= 11 is 0. The second-order valence-electron chi connectivity index (χ2n) is 5.43. The van der Waals surface area contributed by atoms with Crippen molar-refractivity contribution in [2.24, 2.45) is 0 Å². The molecule has 0 aliphatic heterocycles. The van der Waals surface area contributed by atoms with E-state index in [4.69, 9.17) is 19.5 Å². The fraction of sp³-hybridized carbons (Fsp3) is 0.250. The van der Waals surface area contributed by atoms with Crippen molar-refractivity contribution < 1.29 is 23.8 Å². The molecule has 1 amide bonds. The molecule has 140 valence electrons. The summed E-state index contributed by atoms with van der Waals surface area (Å²) in [4.78, 5) is 23.5. The Morgan fingerprint density at radius 2 is 1.59 bits per heavy atom. The number of hydrogen-bond acceptors (Lipinski definition) is 6. The number of benzene rings is 2. The van der Waals surface area contributed by atoms with Crippen LogP contribution in [0.5, 0.6) is 11.5 Å². The molecule has 0 fully saturated rings. The van der Waals surface area contributed by atoms with Crippen molar-refractivity contribution in [2.45, 2.75) is 13.3 Å². The van der Waals surface area contributed by atoms with Gasteiger partial charge in [0.1, 0.15) is 11.5 Å². The van der Waals surface area contributed by atoms with Crippen molar-refractivity contribution in [1.82, 2.24) is 0 Å². The second-order valence-corrected chi connectivity index (χ2v) is 5.43. The van der Waals surface area contributed by atoms with Gasteiger partial charge in [0.2, 0.25) is 0 Å². The number of hydrogen-bond donors (Lipinski definition) is 1. The first-order valence-electron chi connectivity index (χ1n) is 8.37. The minimum absolute atomic E-state index is 0.301. The Morgan fingerprint density at radius 3 is 2.19 bits per heavy atom. The average molecular weight is 368 g/mol. The third kappa shape index (κ3) is 7.08. The summed E-state index contributed by atoms with van der Waals surface area (Å²) in [5.74, 6) is 0.0999. The number of rotatable bonds is 9. The quantitative estimate of drug-likeness (QED) is 0.684. The predicted octanol–water partition coefficient (Wildman–Crippen LogP) is 2.71. The van der Waals surface area contributed by atoms with Gasteiger partial charge in [-0.05, 0) is 48.9 Å². The largest absolute Gasteiger partial charge is 0.494 e. The van der Waals surface area contributed by atoms with Gasteiger partial charge in [0.25, 0.3) is 5.91 Å². The molecule has 2 rings (SSSR count). The highest BCUT2D eigenvalue weighted by molar-refractivity contribution is 5.92. The Balaban J connectivity index is 1.69. The first-order valence-corrected chi connectivity index (χ1v) is 8.37. The van der Waals surface area contributed by atoms with Crippen LogP contribution in [0.3, 0.4) is 0 Å². The molecular weight excluding hydrogens is 348 g/mol. The van der Waals surface area contributed by atoms with Gasteiger partial charge in [-0.15, -0.1) is 0 Å². The Bertz CT molecular complexity index is 795. The third-order valence-electron chi connectivity index (χ3n) is 3.38. The molecule has 27 heavy (non-hydrogen) atoms. The monoisotopic (exact) mass is 368 g/mol. The van der Waals surface area contributed by atoms with E-state index in [0.29, 0.717) is 30.2 Å². The third-order valence-corrected chi connectivity index (χ3v) is 3.38. The van der Waals surface area contributed by atoms with Crippen LogP contribution < -0.4 is 14.8 Å². The van der Waals surface area contributed by atoms with Gasteiger partial charge in [-0.25, -0.2) is 4.79 Å². The summed E-state index contributed by atoms with van der Waals surface area (Å²) in [5.41, 5.74) is 1.41. The Labute approximate surface area is 157 Å². The summed E-state index contributed by atoms with van der Waals surface area (Å²) in [7, 11) is 0. The van der Waals surface area contributed by atoms with Gasteiger partial charge in [0.15, 0.2) is 13.2 Å². The lowest BCUT2D eigenvalue weighted by Crippen LogP contribution is -2.23. The van der Waals surface area contributed by atoms with Gasteiger partial charge in [0.05, 0.1) is 19.1 Å². The number of amides is 1. The molecule has 0 spiro atoms. The first-order chi connectivity index (χ1) is 13.1. The van der Waals surface area contributed by atoms with Gasteiger partial charge in [-0.1, -0.05) is 12.1 Å². The lowest BCUT2D eigenvalue weighted by molar-refractivity contribution is -0.149. The van der Waals surface area contributed by atoms with Crippen LogP contribution in [0.2, 0.25) is 0 Å². The Kier molecular flexibility index (Phi) is 7.67. The van der Waals surface area contributed by atoms with Crippen LogP contribution in [0.15, 0.2) is 48.5 Å². The molecule has 0 bridgehead atoms. The second kappa shape index (κ2) is 10.5. The summed E-state index contributed by atoms with van der Waals surface area (Å²) < 4.78 is 15.5. The van der Waals surface area contributed by atoms with Crippen molar-refractivity contribution in [3.63, 3.8) is 0 Å². The highest BCUT2D eigenvalue weighted by Crippen LogP contribution is 2.17. The molecule has 0 saturated carbocycles. The first kappa shape index (κ1) is 19.8. The summed E-state index contributed by atoms with van der Waals surface area (Å²) in [6.07, 6.45) is 0.306. The van der Waals surface area contributed by atoms with E-state index in [-0.39, 0.29) is 6.61 Å². The maximum absolute atomic E-state index is 11.8. The molecule has 0 heterocycles. The molecule has 2 aromatic rings. The number of nitriles is 1. The van der Waals surface area contributed by atoms with Crippen LogP contribution >= 0.6 is 0 Å². The molecular formula is C20H20N2O5. The SMILES string of the molecule is CCOc1ccc(OCC(=O)OCC(=O)Nc2ccc(CC#N)cc2)cc1. The van der Waals surface area contributed by atoms with Crippen LogP contribution in [0.4, 0.5) is 5.69 Å². The van der Waals surface area contributed by atoms with E-state index in [0.717, 1.165) is 5.56 Å². The molecule has 7 nitrogen and oxygen atoms in total. The molecule has 0 aliphatic rings. The van der Waals surface area contributed by atoms with Crippen molar-refractivity contribution >= 4 is 17.6 Å². The van der Waals surface area contributed by atoms with Gasteiger partial charge < -0.3 is 19.5 Å². The summed E-state index contributed by atoms with van der Waals surface area (Å²) in [6, 6.07) is 15.7. The standard InChI is InChI=1S/C20H20N2O5/c1-2-25-17-7-9-18(10-8-17)26-14-20(24)27-13-19(23)22-16-5-3-15(4-6-16)11-12-21/h3-10H,2,11,13-14H2,1H3,(H,22,23). The van der Waals surface area contributed by atoms with Crippen LogP contribution in [0.25, 0.3) is 0 Å². The predicted molar refractivity (Wildman–Crippen MR) is 98.5 cm³/mol. The van der Waals surface area contributed by atoms with Gasteiger partial charge in [-0.2, -0.15) is 5.26 Å². The van der Waals surface area contributed by atoms with E-state index in [1.165, 1.54) is 0 Å². The molecule has 0 aromatic heterocycles.